The lowest BCUT2D eigenvalue weighted by Crippen LogP contribution is -2.42. The fourth-order valence-corrected chi connectivity index (χ4v) is 3.81. The fraction of sp³-hybridized carbons (Fsp3) is 0.923. The summed E-state index contributed by atoms with van der Waals surface area (Å²) in [4.78, 5) is 13.7. The molecule has 1 rings (SSSR count). The van der Waals surface area contributed by atoms with Crippen molar-refractivity contribution in [3.8, 4) is 0 Å². The molecule has 1 saturated heterocycles. The first kappa shape index (κ1) is 16.4. The van der Waals surface area contributed by atoms with Crippen LogP contribution in [-0.4, -0.2) is 57.4 Å². The number of nitrogens with zero attached hydrogens (tertiary/aromatic N) is 1. The van der Waals surface area contributed by atoms with E-state index >= 15 is 0 Å². The molecule has 1 aliphatic rings. The highest BCUT2D eigenvalue weighted by Gasteiger charge is 2.25. The van der Waals surface area contributed by atoms with Gasteiger partial charge >= 0.3 is 0 Å². The van der Waals surface area contributed by atoms with Crippen molar-refractivity contribution in [2.45, 2.75) is 32.6 Å². The first-order valence-electron chi connectivity index (χ1n) is 7.11. The van der Waals surface area contributed by atoms with Crippen molar-refractivity contribution in [2.75, 3.05) is 38.2 Å². The lowest BCUT2D eigenvalue weighted by atomic mass is 9.93. The van der Waals surface area contributed by atoms with Gasteiger partial charge in [-0.3, -0.25) is 4.79 Å². The Labute approximate surface area is 116 Å². The topological polar surface area (TPSA) is 66.5 Å². The number of carbonyl (C=O) groups excluding carboxylic acids is 1. The number of rotatable bonds is 7. The summed E-state index contributed by atoms with van der Waals surface area (Å²) in [6.07, 6.45) is 3.68. The largest absolute Gasteiger partial charge is 0.342 e. The van der Waals surface area contributed by atoms with Crippen molar-refractivity contribution < 1.29 is 13.2 Å². The van der Waals surface area contributed by atoms with Gasteiger partial charge in [-0.25, -0.2) is 8.42 Å². The van der Waals surface area contributed by atoms with Gasteiger partial charge in [-0.15, -0.1) is 0 Å². The summed E-state index contributed by atoms with van der Waals surface area (Å²) in [7, 11) is -1.27. The first-order chi connectivity index (χ1) is 8.98. The van der Waals surface area contributed by atoms with E-state index in [4.69, 9.17) is 0 Å². The summed E-state index contributed by atoms with van der Waals surface area (Å²) >= 11 is 0. The number of hydrogen-bond acceptors (Lipinski definition) is 4. The molecule has 1 fully saturated rings. The molecule has 0 aliphatic carbocycles. The molecule has 19 heavy (non-hydrogen) atoms. The minimum Gasteiger partial charge on any atom is -0.342 e. The zero-order chi connectivity index (χ0) is 14.3. The average Bonchev–Trinajstić information content (AvgIpc) is 2.36. The summed E-state index contributed by atoms with van der Waals surface area (Å²) in [6.45, 7) is 4.22. The standard InChI is InChI=1S/C13H26N2O3S/c1-3-10-19(17,18)11-13(16)15-8-5-12(6-9-15)4-7-14-2/h12,14H,3-11H2,1-2H3. The highest BCUT2D eigenvalue weighted by atomic mass is 32.2. The molecule has 0 bridgehead atoms. The van der Waals surface area contributed by atoms with Crippen molar-refractivity contribution in [2.24, 2.45) is 5.92 Å². The van der Waals surface area contributed by atoms with Crippen LogP contribution in [0.5, 0.6) is 0 Å². The lowest BCUT2D eigenvalue weighted by Gasteiger charge is -2.32. The second-order valence-electron chi connectivity index (χ2n) is 5.31. The molecule has 0 aromatic heterocycles. The number of amides is 1. The van der Waals surface area contributed by atoms with E-state index in [1.807, 2.05) is 14.0 Å². The zero-order valence-corrected chi connectivity index (χ0v) is 12.8. The van der Waals surface area contributed by atoms with Crippen LogP contribution in [0.25, 0.3) is 0 Å². The molecule has 0 unspecified atom stereocenters. The third-order valence-corrected chi connectivity index (χ3v) is 5.35. The van der Waals surface area contributed by atoms with E-state index in [0.29, 0.717) is 25.4 Å². The summed E-state index contributed by atoms with van der Waals surface area (Å²) in [5, 5.41) is 3.13. The summed E-state index contributed by atoms with van der Waals surface area (Å²) in [5.74, 6) is 0.226. The molecule has 0 spiro atoms. The van der Waals surface area contributed by atoms with Crippen LogP contribution in [0.1, 0.15) is 32.6 Å². The van der Waals surface area contributed by atoms with Gasteiger partial charge in [0.05, 0.1) is 5.75 Å². The van der Waals surface area contributed by atoms with Crippen LogP contribution in [0.2, 0.25) is 0 Å². The zero-order valence-electron chi connectivity index (χ0n) is 12.0. The van der Waals surface area contributed by atoms with Crippen LogP contribution in [0.4, 0.5) is 0 Å². The Morgan fingerprint density at radius 2 is 1.95 bits per heavy atom. The summed E-state index contributed by atoms with van der Waals surface area (Å²) in [5.41, 5.74) is 0. The molecule has 0 saturated carbocycles. The van der Waals surface area contributed by atoms with Crippen LogP contribution in [0.3, 0.4) is 0 Å². The maximum absolute atomic E-state index is 11.9. The van der Waals surface area contributed by atoms with Crippen molar-refractivity contribution >= 4 is 15.7 Å². The van der Waals surface area contributed by atoms with Gasteiger partial charge in [-0.05, 0) is 45.2 Å². The molecular formula is C13H26N2O3S. The quantitative estimate of drug-likeness (QED) is 0.748. The molecule has 1 heterocycles. The normalized spacial score (nSPS) is 17.7. The van der Waals surface area contributed by atoms with Gasteiger partial charge in [0.1, 0.15) is 5.75 Å². The predicted octanol–water partition coefficient (Wildman–Crippen LogP) is 0.659. The Balaban J connectivity index is 2.37. The Bertz CT molecular complexity index is 373. The molecule has 5 nitrogen and oxygen atoms in total. The molecule has 0 aromatic rings. The Morgan fingerprint density at radius 3 is 2.47 bits per heavy atom. The third kappa shape index (κ3) is 5.91. The van der Waals surface area contributed by atoms with E-state index < -0.39 is 9.84 Å². The minimum atomic E-state index is -3.21. The van der Waals surface area contributed by atoms with Crippen molar-refractivity contribution in [3.05, 3.63) is 0 Å². The van der Waals surface area contributed by atoms with E-state index in [2.05, 4.69) is 5.32 Å². The summed E-state index contributed by atoms with van der Waals surface area (Å²) < 4.78 is 23.3. The first-order valence-corrected chi connectivity index (χ1v) is 8.93. The van der Waals surface area contributed by atoms with E-state index in [1.165, 1.54) is 0 Å². The lowest BCUT2D eigenvalue weighted by molar-refractivity contribution is -0.129. The van der Waals surface area contributed by atoms with Crippen LogP contribution < -0.4 is 5.32 Å². The number of likely N-dealkylation sites (tertiary alicyclic amines) is 1. The van der Waals surface area contributed by atoms with E-state index in [9.17, 15) is 13.2 Å². The summed E-state index contributed by atoms with van der Waals surface area (Å²) in [6, 6.07) is 0. The van der Waals surface area contributed by atoms with Crippen molar-refractivity contribution in [1.29, 1.82) is 0 Å². The number of sulfone groups is 1. The maximum atomic E-state index is 11.9. The Morgan fingerprint density at radius 1 is 1.32 bits per heavy atom. The van der Waals surface area contributed by atoms with Crippen LogP contribution in [-0.2, 0) is 14.6 Å². The molecule has 112 valence electrons. The molecule has 6 heteroatoms. The SMILES string of the molecule is CCCS(=O)(=O)CC(=O)N1CCC(CCNC)CC1. The van der Waals surface area contributed by atoms with Gasteiger partial charge in [-0.2, -0.15) is 0 Å². The fourth-order valence-electron chi connectivity index (χ4n) is 2.48. The molecular weight excluding hydrogens is 264 g/mol. The van der Waals surface area contributed by atoms with Crippen molar-refractivity contribution in [1.82, 2.24) is 10.2 Å². The van der Waals surface area contributed by atoms with Gasteiger partial charge < -0.3 is 10.2 Å². The number of carbonyl (C=O) groups is 1. The van der Waals surface area contributed by atoms with E-state index in [-0.39, 0.29) is 17.4 Å². The molecule has 1 N–H and O–H groups in total. The van der Waals surface area contributed by atoms with Crippen LogP contribution >= 0.6 is 0 Å². The molecule has 0 aromatic carbocycles. The van der Waals surface area contributed by atoms with Gasteiger partial charge in [0.25, 0.3) is 0 Å². The van der Waals surface area contributed by atoms with Crippen LogP contribution in [0.15, 0.2) is 0 Å². The molecule has 1 amide bonds. The van der Waals surface area contributed by atoms with Gasteiger partial charge in [0.2, 0.25) is 5.91 Å². The maximum Gasteiger partial charge on any atom is 0.237 e. The van der Waals surface area contributed by atoms with Crippen molar-refractivity contribution in [3.63, 3.8) is 0 Å². The van der Waals surface area contributed by atoms with Gasteiger partial charge in [0.15, 0.2) is 9.84 Å². The van der Waals surface area contributed by atoms with E-state index in [1.54, 1.807) is 4.90 Å². The third-order valence-electron chi connectivity index (χ3n) is 3.63. The second kappa shape index (κ2) is 7.85. The highest BCUT2D eigenvalue weighted by Crippen LogP contribution is 2.20. The Kier molecular flexibility index (Phi) is 6.79. The second-order valence-corrected chi connectivity index (χ2v) is 7.49. The van der Waals surface area contributed by atoms with Gasteiger partial charge in [-0.1, -0.05) is 6.92 Å². The monoisotopic (exact) mass is 290 g/mol. The van der Waals surface area contributed by atoms with Gasteiger partial charge in [0, 0.05) is 13.1 Å². The number of hydrogen-bond donors (Lipinski definition) is 1. The highest BCUT2D eigenvalue weighted by molar-refractivity contribution is 7.92. The van der Waals surface area contributed by atoms with E-state index in [0.717, 1.165) is 25.8 Å². The predicted molar refractivity (Wildman–Crippen MR) is 76.8 cm³/mol. The van der Waals surface area contributed by atoms with Crippen LogP contribution in [0, 0.1) is 5.92 Å². The molecule has 1 aliphatic heterocycles. The minimum absolute atomic E-state index is 0.109. The number of nitrogens with one attached hydrogen (secondary N) is 1. The average molecular weight is 290 g/mol. The number of piperidine rings is 1. The molecule has 0 radical (unpaired) electrons. The Hall–Kier alpha value is -0.620. The smallest absolute Gasteiger partial charge is 0.237 e. The molecule has 0 atom stereocenters.